The highest BCUT2D eigenvalue weighted by Crippen LogP contribution is 2.38. The Labute approximate surface area is 120 Å². The Morgan fingerprint density at radius 1 is 0.842 bits per heavy atom. The van der Waals surface area contributed by atoms with Crippen molar-refractivity contribution in [2.45, 2.75) is 70.3 Å². The van der Waals surface area contributed by atoms with Gasteiger partial charge < -0.3 is 10.2 Å². The lowest BCUT2D eigenvalue weighted by molar-refractivity contribution is 0.176. The van der Waals surface area contributed by atoms with Gasteiger partial charge in [0.25, 0.3) is 0 Å². The SMILES string of the molecule is CN(C)CCCN[C@H]1CC[C@H](C2CCCCC2)CC1. The van der Waals surface area contributed by atoms with Crippen LogP contribution in [0.2, 0.25) is 0 Å². The Bertz CT molecular complexity index is 225. The summed E-state index contributed by atoms with van der Waals surface area (Å²) < 4.78 is 0. The second kappa shape index (κ2) is 8.26. The van der Waals surface area contributed by atoms with Gasteiger partial charge in [0.05, 0.1) is 0 Å². The molecular formula is C17H34N2. The van der Waals surface area contributed by atoms with E-state index in [0.717, 1.165) is 17.9 Å². The molecule has 19 heavy (non-hydrogen) atoms. The third-order valence-electron chi connectivity index (χ3n) is 5.30. The van der Waals surface area contributed by atoms with Crippen molar-refractivity contribution in [1.82, 2.24) is 10.2 Å². The van der Waals surface area contributed by atoms with Crippen molar-refractivity contribution in [3.8, 4) is 0 Å². The lowest BCUT2D eigenvalue weighted by Gasteiger charge is -2.36. The molecule has 0 aromatic heterocycles. The Hall–Kier alpha value is -0.0800. The van der Waals surface area contributed by atoms with Gasteiger partial charge in [-0.3, -0.25) is 0 Å². The Balaban J connectivity index is 1.57. The maximum atomic E-state index is 3.77. The third-order valence-corrected chi connectivity index (χ3v) is 5.30. The third kappa shape index (κ3) is 5.43. The molecule has 0 saturated heterocycles. The van der Waals surface area contributed by atoms with Gasteiger partial charge >= 0.3 is 0 Å². The van der Waals surface area contributed by atoms with Crippen LogP contribution in [0.25, 0.3) is 0 Å². The van der Waals surface area contributed by atoms with Crippen molar-refractivity contribution in [1.29, 1.82) is 0 Å². The molecule has 0 heterocycles. The maximum absolute atomic E-state index is 3.77. The molecule has 0 spiro atoms. The van der Waals surface area contributed by atoms with E-state index in [9.17, 15) is 0 Å². The molecule has 2 rings (SSSR count). The minimum absolute atomic E-state index is 0.821. The average Bonchev–Trinajstić information content (AvgIpc) is 2.45. The van der Waals surface area contributed by atoms with Crippen LogP contribution in [0, 0.1) is 11.8 Å². The number of nitrogens with zero attached hydrogens (tertiary/aromatic N) is 1. The minimum atomic E-state index is 0.821. The second-order valence-electron chi connectivity index (χ2n) is 7.12. The first kappa shape index (κ1) is 15.3. The van der Waals surface area contributed by atoms with E-state index < -0.39 is 0 Å². The van der Waals surface area contributed by atoms with Gasteiger partial charge in [0.2, 0.25) is 0 Å². The molecule has 2 aliphatic rings. The van der Waals surface area contributed by atoms with Gasteiger partial charge in [0, 0.05) is 6.04 Å². The van der Waals surface area contributed by atoms with Crippen LogP contribution in [0.4, 0.5) is 0 Å². The van der Waals surface area contributed by atoms with Gasteiger partial charge in [-0.15, -0.1) is 0 Å². The average molecular weight is 266 g/mol. The zero-order valence-corrected chi connectivity index (χ0v) is 13.2. The first-order valence-corrected chi connectivity index (χ1v) is 8.64. The molecule has 0 aromatic rings. The topological polar surface area (TPSA) is 15.3 Å². The monoisotopic (exact) mass is 266 g/mol. The Kier molecular flexibility index (Phi) is 6.66. The molecule has 0 amide bonds. The number of hydrogen-bond acceptors (Lipinski definition) is 2. The molecule has 0 unspecified atom stereocenters. The van der Waals surface area contributed by atoms with Gasteiger partial charge in [-0.05, 0) is 71.1 Å². The smallest absolute Gasteiger partial charge is 0.00672 e. The predicted molar refractivity (Wildman–Crippen MR) is 83.5 cm³/mol. The van der Waals surface area contributed by atoms with E-state index in [0.29, 0.717) is 0 Å². The van der Waals surface area contributed by atoms with Gasteiger partial charge in [-0.25, -0.2) is 0 Å². The van der Waals surface area contributed by atoms with E-state index in [4.69, 9.17) is 0 Å². The van der Waals surface area contributed by atoms with Crippen molar-refractivity contribution in [3.05, 3.63) is 0 Å². The fraction of sp³-hybridized carbons (Fsp3) is 1.00. The van der Waals surface area contributed by atoms with E-state index in [-0.39, 0.29) is 0 Å². The Morgan fingerprint density at radius 2 is 1.47 bits per heavy atom. The maximum Gasteiger partial charge on any atom is 0.00672 e. The zero-order chi connectivity index (χ0) is 13.5. The first-order chi connectivity index (χ1) is 9.25. The van der Waals surface area contributed by atoms with E-state index in [1.165, 1.54) is 77.3 Å². The zero-order valence-electron chi connectivity index (χ0n) is 13.2. The number of hydrogen-bond donors (Lipinski definition) is 1. The van der Waals surface area contributed by atoms with Crippen LogP contribution in [-0.2, 0) is 0 Å². The largest absolute Gasteiger partial charge is 0.314 e. The second-order valence-corrected chi connectivity index (χ2v) is 7.12. The van der Waals surface area contributed by atoms with Crippen molar-refractivity contribution < 1.29 is 0 Å². The molecule has 0 atom stereocenters. The van der Waals surface area contributed by atoms with Gasteiger partial charge in [0.1, 0.15) is 0 Å². The number of rotatable bonds is 6. The van der Waals surface area contributed by atoms with Gasteiger partial charge in [-0.2, -0.15) is 0 Å². The fourth-order valence-electron chi connectivity index (χ4n) is 4.10. The molecule has 0 aliphatic heterocycles. The van der Waals surface area contributed by atoms with Crippen molar-refractivity contribution in [2.75, 3.05) is 27.2 Å². The molecule has 1 N–H and O–H groups in total. The molecular weight excluding hydrogens is 232 g/mol. The number of nitrogens with one attached hydrogen (secondary N) is 1. The van der Waals surface area contributed by atoms with Crippen LogP contribution in [0.15, 0.2) is 0 Å². The molecule has 0 bridgehead atoms. The van der Waals surface area contributed by atoms with Crippen LogP contribution >= 0.6 is 0 Å². The summed E-state index contributed by atoms with van der Waals surface area (Å²) in [6, 6.07) is 0.821. The fourth-order valence-corrected chi connectivity index (χ4v) is 4.10. The van der Waals surface area contributed by atoms with Crippen LogP contribution in [0.3, 0.4) is 0 Å². The molecule has 2 nitrogen and oxygen atoms in total. The van der Waals surface area contributed by atoms with Gasteiger partial charge in [0.15, 0.2) is 0 Å². The summed E-state index contributed by atoms with van der Waals surface area (Å²) in [6.07, 6.45) is 14.7. The van der Waals surface area contributed by atoms with Crippen molar-refractivity contribution >= 4 is 0 Å². The lowest BCUT2D eigenvalue weighted by Crippen LogP contribution is -2.36. The van der Waals surface area contributed by atoms with Crippen LogP contribution < -0.4 is 5.32 Å². The highest BCUT2D eigenvalue weighted by atomic mass is 15.1. The van der Waals surface area contributed by atoms with E-state index >= 15 is 0 Å². The molecule has 0 aromatic carbocycles. The summed E-state index contributed by atoms with van der Waals surface area (Å²) in [5.74, 6) is 2.16. The molecule has 2 heteroatoms. The highest BCUT2D eigenvalue weighted by Gasteiger charge is 2.28. The van der Waals surface area contributed by atoms with E-state index in [1.54, 1.807) is 0 Å². The normalized spacial score (nSPS) is 29.8. The summed E-state index contributed by atoms with van der Waals surface area (Å²) >= 11 is 0. The predicted octanol–water partition coefficient (Wildman–Crippen LogP) is 3.67. The highest BCUT2D eigenvalue weighted by molar-refractivity contribution is 4.82. The summed E-state index contributed by atoms with van der Waals surface area (Å²) in [5.41, 5.74) is 0. The molecule has 2 fully saturated rings. The van der Waals surface area contributed by atoms with Crippen molar-refractivity contribution in [3.63, 3.8) is 0 Å². The summed E-state index contributed by atoms with van der Waals surface area (Å²) in [5, 5.41) is 3.77. The standard InChI is InChI=1S/C17H34N2/c1-19(2)14-6-13-18-17-11-9-16(10-12-17)15-7-4-3-5-8-15/h15-18H,3-14H2,1-2H3/t16-,17-. The summed E-state index contributed by atoms with van der Waals surface area (Å²) in [4.78, 5) is 2.28. The van der Waals surface area contributed by atoms with Crippen LogP contribution in [-0.4, -0.2) is 38.1 Å². The molecule has 0 radical (unpaired) electrons. The quantitative estimate of drug-likeness (QED) is 0.738. The minimum Gasteiger partial charge on any atom is -0.314 e. The molecule has 112 valence electrons. The molecule has 2 saturated carbocycles. The van der Waals surface area contributed by atoms with E-state index in [1.807, 2.05) is 0 Å². The summed E-state index contributed by atoms with van der Waals surface area (Å²) in [6.45, 7) is 2.42. The molecule has 2 aliphatic carbocycles. The summed E-state index contributed by atoms with van der Waals surface area (Å²) in [7, 11) is 4.32. The lowest BCUT2D eigenvalue weighted by atomic mass is 9.72. The van der Waals surface area contributed by atoms with Gasteiger partial charge in [-0.1, -0.05) is 32.1 Å². The van der Waals surface area contributed by atoms with Crippen LogP contribution in [0.5, 0.6) is 0 Å². The Morgan fingerprint density at radius 3 is 2.11 bits per heavy atom. The van der Waals surface area contributed by atoms with Crippen molar-refractivity contribution in [2.24, 2.45) is 11.8 Å². The van der Waals surface area contributed by atoms with E-state index in [2.05, 4.69) is 24.3 Å². The first-order valence-electron chi connectivity index (χ1n) is 8.64. The van der Waals surface area contributed by atoms with Crippen LogP contribution in [0.1, 0.15) is 64.2 Å².